The molecule has 0 aliphatic carbocycles. The van der Waals surface area contributed by atoms with Crippen LogP contribution in [0.5, 0.6) is 0 Å². The van der Waals surface area contributed by atoms with Crippen LogP contribution in [0, 0.1) is 0 Å². The highest BCUT2D eigenvalue weighted by Gasteiger charge is 2.11. The first-order chi connectivity index (χ1) is 9.65. The van der Waals surface area contributed by atoms with Gasteiger partial charge in [0, 0.05) is 13.1 Å². The zero-order valence-corrected chi connectivity index (χ0v) is 13.1. The van der Waals surface area contributed by atoms with Gasteiger partial charge in [0.1, 0.15) is 5.82 Å². The molecule has 0 saturated carbocycles. The highest BCUT2D eigenvalue weighted by molar-refractivity contribution is 5.75. The highest BCUT2D eigenvalue weighted by atomic mass is 15.2. The minimum Gasteiger partial charge on any atom is -0.326 e. The first-order valence-corrected chi connectivity index (χ1v) is 7.47. The molecule has 0 aliphatic rings. The van der Waals surface area contributed by atoms with Crippen LogP contribution in [0.25, 0.3) is 11.0 Å². The maximum Gasteiger partial charge on any atom is 0.124 e. The monoisotopic (exact) mass is 274 g/mol. The maximum absolute atomic E-state index is 4.79. The maximum atomic E-state index is 4.79. The predicted octanol–water partition coefficient (Wildman–Crippen LogP) is 2.44. The molecule has 0 radical (unpaired) electrons. The molecule has 0 bridgehead atoms. The van der Waals surface area contributed by atoms with Crippen LogP contribution >= 0.6 is 0 Å². The van der Waals surface area contributed by atoms with E-state index in [-0.39, 0.29) is 0 Å². The van der Waals surface area contributed by atoms with Crippen molar-refractivity contribution in [3.8, 4) is 0 Å². The Morgan fingerprint density at radius 1 is 1.10 bits per heavy atom. The van der Waals surface area contributed by atoms with Crippen LogP contribution in [0.2, 0.25) is 0 Å². The Balaban J connectivity index is 2.28. The first-order valence-electron chi connectivity index (χ1n) is 7.47. The Morgan fingerprint density at radius 3 is 2.45 bits per heavy atom. The Morgan fingerprint density at radius 2 is 1.80 bits per heavy atom. The minimum atomic E-state index is 0.882. The van der Waals surface area contributed by atoms with Crippen molar-refractivity contribution in [3.63, 3.8) is 0 Å². The van der Waals surface area contributed by atoms with Crippen molar-refractivity contribution in [1.82, 2.24) is 19.4 Å². The van der Waals surface area contributed by atoms with Crippen LogP contribution in [0.3, 0.4) is 0 Å². The van der Waals surface area contributed by atoms with Crippen molar-refractivity contribution in [1.29, 1.82) is 0 Å². The number of rotatable bonds is 7. The van der Waals surface area contributed by atoms with Crippen molar-refractivity contribution in [2.24, 2.45) is 0 Å². The third-order valence-corrected chi connectivity index (χ3v) is 3.73. The van der Waals surface area contributed by atoms with E-state index in [4.69, 9.17) is 4.98 Å². The SMILES string of the molecule is CCN(CC)CCn1c(CN(C)C)nc2ccccc21. The molecular weight excluding hydrogens is 248 g/mol. The lowest BCUT2D eigenvalue weighted by atomic mass is 10.3. The third kappa shape index (κ3) is 3.38. The molecule has 4 heteroatoms. The number of para-hydroxylation sites is 2. The van der Waals surface area contributed by atoms with Gasteiger partial charge in [-0.25, -0.2) is 4.98 Å². The van der Waals surface area contributed by atoms with E-state index in [0.29, 0.717) is 0 Å². The largest absolute Gasteiger partial charge is 0.326 e. The average Bonchev–Trinajstić information content (AvgIpc) is 2.77. The molecular formula is C16H26N4. The molecule has 0 atom stereocenters. The van der Waals surface area contributed by atoms with Gasteiger partial charge < -0.3 is 14.4 Å². The van der Waals surface area contributed by atoms with Gasteiger partial charge in [-0.3, -0.25) is 0 Å². The van der Waals surface area contributed by atoms with Gasteiger partial charge in [0.2, 0.25) is 0 Å². The summed E-state index contributed by atoms with van der Waals surface area (Å²) in [5, 5.41) is 0. The summed E-state index contributed by atoms with van der Waals surface area (Å²) in [4.78, 5) is 9.41. The van der Waals surface area contributed by atoms with Gasteiger partial charge in [-0.05, 0) is 39.3 Å². The Hall–Kier alpha value is -1.39. The number of hydrogen-bond acceptors (Lipinski definition) is 3. The average molecular weight is 274 g/mol. The molecule has 1 aromatic heterocycles. The zero-order valence-electron chi connectivity index (χ0n) is 13.1. The second-order valence-corrected chi connectivity index (χ2v) is 5.43. The summed E-state index contributed by atoms with van der Waals surface area (Å²) >= 11 is 0. The van der Waals surface area contributed by atoms with E-state index in [1.54, 1.807) is 0 Å². The van der Waals surface area contributed by atoms with Crippen LogP contribution in [-0.2, 0) is 13.1 Å². The summed E-state index contributed by atoms with van der Waals surface area (Å²) in [5.74, 6) is 1.16. The van der Waals surface area contributed by atoms with Crippen molar-refractivity contribution in [2.75, 3.05) is 33.7 Å². The molecule has 0 saturated heterocycles. The van der Waals surface area contributed by atoms with E-state index in [1.165, 1.54) is 5.52 Å². The van der Waals surface area contributed by atoms with Gasteiger partial charge in [-0.1, -0.05) is 26.0 Å². The van der Waals surface area contributed by atoms with Crippen LogP contribution < -0.4 is 0 Å². The number of aromatic nitrogens is 2. The lowest BCUT2D eigenvalue weighted by molar-refractivity contribution is 0.287. The summed E-state index contributed by atoms with van der Waals surface area (Å²) < 4.78 is 2.37. The molecule has 110 valence electrons. The lowest BCUT2D eigenvalue weighted by Gasteiger charge is -2.20. The number of likely N-dealkylation sites (N-methyl/N-ethyl adjacent to an activating group) is 1. The van der Waals surface area contributed by atoms with E-state index in [9.17, 15) is 0 Å². The molecule has 2 aromatic rings. The molecule has 0 aliphatic heterocycles. The highest BCUT2D eigenvalue weighted by Crippen LogP contribution is 2.17. The van der Waals surface area contributed by atoms with Gasteiger partial charge in [-0.15, -0.1) is 0 Å². The number of nitrogens with zero attached hydrogens (tertiary/aromatic N) is 4. The fourth-order valence-corrected chi connectivity index (χ4v) is 2.56. The van der Waals surface area contributed by atoms with Gasteiger partial charge >= 0.3 is 0 Å². The van der Waals surface area contributed by atoms with E-state index < -0.39 is 0 Å². The summed E-state index contributed by atoms with van der Waals surface area (Å²) in [6, 6.07) is 8.42. The molecule has 0 unspecified atom stereocenters. The standard InChI is InChI=1S/C16H26N4/c1-5-19(6-2)11-12-20-15-10-8-7-9-14(15)17-16(20)13-18(3)4/h7-10H,5-6,11-13H2,1-4H3. The normalized spacial score (nSPS) is 11.9. The Labute approximate surface area is 122 Å². The van der Waals surface area contributed by atoms with Crippen molar-refractivity contribution in [3.05, 3.63) is 30.1 Å². The number of hydrogen-bond donors (Lipinski definition) is 0. The van der Waals surface area contributed by atoms with Crippen LogP contribution in [0.4, 0.5) is 0 Å². The van der Waals surface area contributed by atoms with Crippen LogP contribution in [0.1, 0.15) is 19.7 Å². The molecule has 0 fully saturated rings. The van der Waals surface area contributed by atoms with Crippen LogP contribution in [0.15, 0.2) is 24.3 Å². The van der Waals surface area contributed by atoms with Crippen molar-refractivity contribution >= 4 is 11.0 Å². The first kappa shape index (κ1) is 15.0. The summed E-state index contributed by atoms with van der Waals surface area (Å²) in [6.07, 6.45) is 0. The molecule has 1 heterocycles. The summed E-state index contributed by atoms with van der Waals surface area (Å²) in [7, 11) is 4.18. The van der Waals surface area contributed by atoms with E-state index in [1.807, 2.05) is 0 Å². The number of fused-ring (bicyclic) bond motifs is 1. The molecule has 4 nitrogen and oxygen atoms in total. The molecule has 0 spiro atoms. The van der Waals surface area contributed by atoms with Crippen molar-refractivity contribution < 1.29 is 0 Å². The van der Waals surface area contributed by atoms with Crippen molar-refractivity contribution in [2.45, 2.75) is 26.9 Å². The molecule has 20 heavy (non-hydrogen) atoms. The Bertz CT molecular complexity index is 540. The second-order valence-electron chi connectivity index (χ2n) is 5.43. The van der Waals surface area contributed by atoms with Crippen LogP contribution in [-0.4, -0.2) is 53.1 Å². The minimum absolute atomic E-state index is 0.882. The molecule has 0 amide bonds. The molecule has 2 rings (SSSR count). The quantitative estimate of drug-likeness (QED) is 0.775. The fraction of sp³-hybridized carbons (Fsp3) is 0.562. The van der Waals surface area contributed by atoms with E-state index in [2.05, 4.69) is 66.6 Å². The third-order valence-electron chi connectivity index (χ3n) is 3.73. The summed E-state index contributed by atoms with van der Waals surface area (Å²) in [6.45, 7) is 9.61. The summed E-state index contributed by atoms with van der Waals surface area (Å²) in [5.41, 5.74) is 2.35. The van der Waals surface area contributed by atoms with Gasteiger partial charge in [0.05, 0.1) is 17.6 Å². The molecule has 0 N–H and O–H groups in total. The Kier molecular flexibility index (Phi) is 5.15. The topological polar surface area (TPSA) is 24.3 Å². The lowest BCUT2D eigenvalue weighted by Crippen LogP contribution is -2.28. The second kappa shape index (κ2) is 6.86. The number of benzene rings is 1. The smallest absolute Gasteiger partial charge is 0.124 e. The van der Waals surface area contributed by atoms with Gasteiger partial charge in [0.15, 0.2) is 0 Å². The van der Waals surface area contributed by atoms with E-state index >= 15 is 0 Å². The van der Waals surface area contributed by atoms with Gasteiger partial charge in [0.25, 0.3) is 0 Å². The number of imidazole rings is 1. The predicted molar refractivity (Wildman–Crippen MR) is 84.9 cm³/mol. The molecule has 1 aromatic carbocycles. The zero-order chi connectivity index (χ0) is 14.5. The van der Waals surface area contributed by atoms with E-state index in [0.717, 1.165) is 44.1 Å². The van der Waals surface area contributed by atoms with Gasteiger partial charge in [-0.2, -0.15) is 0 Å². The fourth-order valence-electron chi connectivity index (χ4n) is 2.56.